The van der Waals surface area contributed by atoms with Crippen LogP contribution in [-0.4, -0.2) is 40.6 Å². The number of nitrogens with zero attached hydrogens (tertiary/aromatic N) is 1. The van der Waals surface area contributed by atoms with Crippen LogP contribution >= 0.6 is 0 Å². The van der Waals surface area contributed by atoms with E-state index in [4.69, 9.17) is 5.11 Å². The smallest absolute Gasteiger partial charge is 0.329 e. The highest BCUT2D eigenvalue weighted by Crippen LogP contribution is 2.14. The van der Waals surface area contributed by atoms with E-state index in [-0.39, 0.29) is 12.1 Å². The molecular formula is C14H28N2O3. The molecule has 0 heterocycles. The van der Waals surface area contributed by atoms with Gasteiger partial charge in [0.05, 0.1) is 0 Å². The average Bonchev–Trinajstić information content (AvgIpc) is 2.34. The Morgan fingerprint density at radius 3 is 2.21 bits per heavy atom. The Balaban J connectivity index is 4.58. The average molecular weight is 272 g/mol. The van der Waals surface area contributed by atoms with Crippen LogP contribution in [0.2, 0.25) is 0 Å². The maximum Gasteiger partial charge on any atom is 0.329 e. The number of hydrogen-bond donors (Lipinski definition) is 2. The van der Waals surface area contributed by atoms with Gasteiger partial charge in [0.1, 0.15) is 5.54 Å². The van der Waals surface area contributed by atoms with Gasteiger partial charge in [-0.05, 0) is 26.7 Å². The van der Waals surface area contributed by atoms with Crippen molar-refractivity contribution in [3.8, 4) is 0 Å². The van der Waals surface area contributed by atoms with Crippen molar-refractivity contribution in [2.24, 2.45) is 0 Å². The number of carboxylic acid groups (broad SMARTS) is 1. The first-order chi connectivity index (χ1) is 8.77. The van der Waals surface area contributed by atoms with Crippen molar-refractivity contribution < 1.29 is 14.7 Å². The summed E-state index contributed by atoms with van der Waals surface area (Å²) in [6, 6.07) is -0.188. The molecule has 0 saturated carbocycles. The van der Waals surface area contributed by atoms with Gasteiger partial charge in [-0.15, -0.1) is 0 Å². The first-order valence-corrected chi connectivity index (χ1v) is 7.05. The second kappa shape index (κ2) is 8.02. The number of aliphatic carboxylic acids is 1. The molecule has 5 nitrogen and oxygen atoms in total. The van der Waals surface area contributed by atoms with Gasteiger partial charge in [-0.3, -0.25) is 0 Å². The highest BCUT2D eigenvalue weighted by molar-refractivity contribution is 5.85. The summed E-state index contributed by atoms with van der Waals surface area (Å²) < 4.78 is 0. The number of unbranched alkanes of at least 4 members (excludes halogenated alkanes) is 1. The van der Waals surface area contributed by atoms with E-state index in [1.165, 1.54) is 25.8 Å². The number of likely N-dealkylation sites (N-methyl/N-ethyl adjacent to an activating group) is 1. The fourth-order valence-corrected chi connectivity index (χ4v) is 1.76. The standard InChI is InChI=1S/C14H28N2O3/c1-6-8-10-11(9-7-2)15-13(19)16(5)14(3,4)12(17)18/h11H,6-10H2,1-5H3,(H,15,19)(H,17,18). The number of amides is 2. The number of carbonyl (C=O) groups is 2. The Bertz CT molecular complexity index is 303. The van der Waals surface area contributed by atoms with Crippen molar-refractivity contribution >= 4 is 12.0 Å². The van der Waals surface area contributed by atoms with Crippen molar-refractivity contribution in [2.75, 3.05) is 7.05 Å². The molecule has 1 atom stereocenters. The van der Waals surface area contributed by atoms with Crippen LogP contribution in [0.1, 0.15) is 59.8 Å². The molecule has 0 spiro atoms. The molecule has 0 bridgehead atoms. The Hall–Kier alpha value is -1.26. The van der Waals surface area contributed by atoms with Gasteiger partial charge in [-0.1, -0.05) is 33.1 Å². The van der Waals surface area contributed by atoms with Gasteiger partial charge in [-0.2, -0.15) is 0 Å². The van der Waals surface area contributed by atoms with E-state index < -0.39 is 11.5 Å². The predicted octanol–water partition coefficient (Wildman–Crippen LogP) is 2.85. The van der Waals surface area contributed by atoms with E-state index in [1.54, 1.807) is 0 Å². The van der Waals surface area contributed by atoms with Gasteiger partial charge in [0, 0.05) is 13.1 Å². The molecule has 0 saturated heterocycles. The number of carboxylic acids is 1. The van der Waals surface area contributed by atoms with Gasteiger partial charge < -0.3 is 15.3 Å². The maximum atomic E-state index is 12.1. The first kappa shape index (κ1) is 17.7. The number of rotatable bonds is 8. The first-order valence-electron chi connectivity index (χ1n) is 7.05. The summed E-state index contributed by atoms with van der Waals surface area (Å²) in [5, 5.41) is 12.1. The molecule has 5 heteroatoms. The van der Waals surface area contributed by atoms with Crippen molar-refractivity contribution in [1.82, 2.24) is 10.2 Å². The fraction of sp³-hybridized carbons (Fsp3) is 0.857. The summed E-state index contributed by atoms with van der Waals surface area (Å²) in [5.41, 5.74) is -1.20. The lowest BCUT2D eigenvalue weighted by Crippen LogP contribution is -2.55. The van der Waals surface area contributed by atoms with Crippen molar-refractivity contribution in [1.29, 1.82) is 0 Å². The second-order valence-electron chi connectivity index (χ2n) is 5.50. The SMILES string of the molecule is CCCCC(CCC)NC(=O)N(C)C(C)(C)C(=O)O. The summed E-state index contributed by atoms with van der Waals surface area (Å²) in [4.78, 5) is 24.5. The Morgan fingerprint density at radius 2 is 1.79 bits per heavy atom. The molecule has 0 aliphatic heterocycles. The number of urea groups is 1. The monoisotopic (exact) mass is 272 g/mol. The molecule has 0 aromatic heterocycles. The number of carbonyl (C=O) groups excluding carboxylic acids is 1. The van der Waals surface area contributed by atoms with Gasteiger partial charge in [0.15, 0.2) is 0 Å². The third kappa shape index (κ3) is 5.49. The highest BCUT2D eigenvalue weighted by Gasteiger charge is 2.35. The van der Waals surface area contributed by atoms with Crippen molar-refractivity contribution in [3.05, 3.63) is 0 Å². The van der Waals surface area contributed by atoms with E-state index in [0.717, 1.165) is 32.1 Å². The molecule has 0 aromatic carbocycles. The summed E-state index contributed by atoms with van der Waals surface area (Å²) in [7, 11) is 1.52. The third-order valence-electron chi connectivity index (χ3n) is 3.54. The quantitative estimate of drug-likeness (QED) is 0.714. The molecular weight excluding hydrogens is 244 g/mol. The normalized spacial score (nSPS) is 12.9. The minimum Gasteiger partial charge on any atom is -0.480 e. The van der Waals surface area contributed by atoms with Crippen molar-refractivity contribution in [3.63, 3.8) is 0 Å². The van der Waals surface area contributed by atoms with E-state index in [2.05, 4.69) is 19.2 Å². The summed E-state index contributed by atoms with van der Waals surface area (Å²) in [5.74, 6) is -1.01. The van der Waals surface area contributed by atoms with Gasteiger partial charge in [0.2, 0.25) is 0 Å². The maximum absolute atomic E-state index is 12.1. The molecule has 0 radical (unpaired) electrons. The summed E-state index contributed by atoms with van der Waals surface area (Å²) in [6.07, 6.45) is 5.02. The van der Waals surface area contributed by atoms with Crippen LogP contribution in [-0.2, 0) is 4.79 Å². The summed E-state index contributed by atoms with van der Waals surface area (Å²) >= 11 is 0. The molecule has 0 fully saturated rings. The Kier molecular flexibility index (Phi) is 7.49. The molecule has 2 N–H and O–H groups in total. The van der Waals surface area contributed by atoms with Gasteiger partial charge >= 0.3 is 12.0 Å². The van der Waals surface area contributed by atoms with Crippen LogP contribution in [0.4, 0.5) is 4.79 Å². The van der Waals surface area contributed by atoms with Crippen molar-refractivity contribution in [2.45, 2.75) is 71.4 Å². The minimum absolute atomic E-state index is 0.129. The largest absolute Gasteiger partial charge is 0.480 e. The minimum atomic E-state index is -1.20. The van der Waals surface area contributed by atoms with Crippen LogP contribution in [0.25, 0.3) is 0 Å². The van der Waals surface area contributed by atoms with Crippen LogP contribution in [0, 0.1) is 0 Å². The number of hydrogen-bond acceptors (Lipinski definition) is 2. The van der Waals surface area contributed by atoms with E-state index in [0.29, 0.717) is 0 Å². The Labute approximate surface area is 116 Å². The van der Waals surface area contributed by atoms with Gasteiger partial charge in [0.25, 0.3) is 0 Å². The van der Waals surface area contributed by atoms with Crippen LogP contribution in [0.15, 0.2) is 0 Å². The fourth-order valence-electron chi connectivity index (χ4n) is 1.76. The molecule has 2 amide bonds. The Morgan fingerprint density at radius 1 is 1.21 bits per heavy atom. The lowest BCUT2D eigenvalue weighted by atomic mass is 10.0. The van der Waals surface area contributed by atoms with E-state index in [1.807, 2.05) is 0 Å². The zero-order valence-corrected chi connectivity index (χ0v) is 12.8. The molecule has 1 unspecified atom stereocenters. The van der Waals surface area contributed by atoms with E-state index >= 15 is 0 Å². The van der Waals surface area contributed by atoms with E-state index in [9.17, 15) is 9.59 Å². The molecule has 0 aliphatic carbocycles. The molecule has 0 aromatic rings. The van der Waals surface area contributed by atoms with Crippen LogP contribution < -0.4 is 5.32 Å². The highest BCUT2D eigenvalue weighted by atomic mass is 16.4. The topological polar surface area (TPSA) is 69.6 Å². The molecule has 0 rings (SSSR count). The lowest BCUT2D eigenvalue weighted by Gasteiger charge is -2.33. The molecule has 0 aliphatic rings. The lowest BCUT2D eigenvalue weighted by molar-refractivity contribution is -0.146. The third-order valence-corrected chi connectivity index (χ3v) is 3.54. The number of nitrogens with one attached hydrogen (secondary N) is 1. The zero-order chi connectivity index (χ0) is 15.1. The van der Waals surface area contributed by atoms with Gasteiger partial charge in [-0.25, -0.2) is 9.59 Å². The van der Waals surface area contributed by atoms with Crippen LogP contribution in [0.5, 0.6) is 0 Å². The zero-order valence-electron chi connectivity index (χ0n) is 12.8. The molecule has 112 valence electrons. The van der Waals surface area contributed by atoms with Crippen LogP contribution in [0.3, 0.4) is 0 Å². The predicted molar refractivity (Wildman–Crippen MR) is 76.2 cm³/mol. The molecule has 19 heavy (non-hydrogen) atoms. The second-order valence-corrected chi connectivity index (χ2v) is 5.50. The summed E-state index contributed by atoms with van der Waals surface area (Å²) in [6.45, 7) is 7.24.